The second-order valence-corrected chi connectivity index (χ2v) is 6.79. The number of rotatable bonds is 6. The zero-order valence-electron chi connectivity index (χ0n) is 14.2. The minimum absolute atomic E-state index is 0.0918. The molecule has 0 radical (unpaired) electrons. The summed E-state index contributed by atoms with van der Waals surface area (Å²) in [6.45, 7) is 1.42. The summed E-state index contributed by atoms with van der Waals surface area (Å²) in [7, 11) is 0. The van der Waals surface area contributed by atoms with Gasteiger partial charge in [0.25, 0.3) is 5.22 Å². The molecule has 27 heavy (non-hydrogen) atoms. The lowest BCUT2D eigenvalue weighted by molar-refractivity contribution is -0.114. The Morgan fingerprint density at radius 1 is 1.07 bits per heavy atom. The molecular weight excluding hydrogens is 388 g/mol. The monoisotopic (exact) mass is 402 g/mol. The first-order valence-corrected chi connectivity index (χ1v) is 9.26. The van der Waals surface area contributed by atoms with Crippen LogP contribution in [0.4, 0.5) is 11.4 Å². The molecule has 0 aliphatic heterocycles. The third-order valence-corrected chi connectivity index (χ3v) is 4.45. The molecule has 0 saturated heterocycles. The molecule has 2 amide bonds. The van der Waals surface area contributed by atoms with E-state index in [0.29, 0.717) is 27.9 Å². The number of amides is 2. The quantitative estimate of drug-likeness (QED) is 0.603. The first-order valence-electron chi connectivity index (χ1n) is 7.90. The van der Waals surface area contributed by atoms with E-state index in [-0.39, 0.29) is 22.8 Å². The van der Waals surface area contributed by atoms with Crippen LogP contribution in [0.1, 0.15) is 6.92 Å². The van der Waals surface area contributed by atoms with Crippen LogP contribution in [-0.2, 0) is 9.59 Å². The van der Waals surface area contributed by atoms with Gasteiger partial charge in [0.1, 0.15) is 0 Å². The highest BCUT2D eigenvalue weighted by molar-refractivity contribution is 7.99. The third kappa shape index (κ3) is 5.32. The van der Waals surface area contributed by atoms with Crippen LogP contribution in [0.5, 0.6) is 0 Å². The molecule has 0 aliphatic carbocycles. The number of aromatic nitrogens is 2. The van der Waals surface area contributed by atoms with Crippen LogP contribution in [0, 0.1) is 0 Å². The van der Waals surface area contributed by atoms with E-state index in [1.54, 1.807) is 36.4 Å². The summed E-state index contributed by atoms with van der Waals surface area (Å²) in [6.07, 6.45) is 0. The Hall–Kier alpha value is -2.84. The number of carbonyl (C=O) groups excluding carboxylic acids is 2. The van der Waals surface area contributed by atoms with Crippen molar-refractivity contribution in [3.63, 3.8) is 0 Å². The summed E-state index contributed by atoms with van der Waals surface area (Å²) in [6, 6.07) is 14.0. The maximum Gasteiger partial charge on any atom is 0.277 e. The largest absolute Gasteiger partial charge is 0.411 e. The Bertz CT molecular complexity index is 977. The minimum atomic E-state index is -0.238. The van der Waals surface area contributed by atoms with Crippen LogP contribution in [0.2, 0.25) is 5.02 Å². The molecule has 3 rings (SSSR count). The number of halogens is 1. The number of carbonyl (C=O) groups is 2. The smallest absolute Gasteiger partial charge is 0.277 e. The van der Waals surface area contributed by atoms with Crippen molar-refractivity contribution >= 4 is 46.6 Å². The van der Waals surface area contributed by atoms with Crippen molar-refractivity contribution in [3.05, 3.63) is 53.6 Å². The molecule has 0 unspecified atom stereocenters. The maximum absolute atomic E-state index is 12.1. The molecule has 1 heterocycles. The van der Waals surface area contributed by atoms with Crippen molar-refractivity contribution in [2.75, 3.05) is 16.4 Å². The van der Waals surface area contributed by atoms with Crippen molar-refractivity contribution in [3.8, 4) is 11.5 Å². The molecule has 2 aromatic carbocycles. The summed E-state index contributed by atoms with van der Waals surface area (Å²) in [5, 5.41) is 14.1. The average molecular weight is 403 g/mol. The van der Waals surface area contributed by atoms with Gasteiger partial charge >= 0.3 is 0 Å². The fraction of sp³-hybridized carbons (Fsp3) is 0.111. The van der Waals surface area contributed by atoms with Gasteiger partial charge in [-0.25, -0.2) is 0 Å². The molecule has 0 bridgehead atoms. The number of thioether (sulfide) groups is 1. The van der Waals surface area contributed by atoms with Crippen LogP contribution in [-0.4, -0.2) is 27.8 Å². The topological polar surface area (TPSA) is 97.1 Å². The lowest BCUT2D eigenvalue weighted by atomic mass is 10.2. The summed E-state index contributed by atoms with van der Waals surface area (Å²) >= 11 is 7.22. The lowest BCUT2D eigenvalue weighted by Crippen LogP contribution is -2.14. The van der Waals surface area contributed by atoms with Gasteiger partial charge in [-0.2, -0.15) is 0 Å². The number of benzene rings is 2. The van der Waals surface area contributed by atoms with Crippen LogP contribution in [0.25, 0.3) is 11.5 Å². The summed E-state index contributed by atoms with van der Waals surface area (Å²) < 4.78 is 5.54. The Morgan fingerprint density at radius 2 is 1.81 bits per heavy atom. The van der Waals surface area contributed by atoms with Crippen LogP contribution < -0.4 is 10.6 Å². The van der Waals surface area contributed by atoms with Crippen molar-refractivity contribution in [1.82, 2.24) is 10.2 Å². The third-order valence-electron chi connectivity index (χ3n) is 3.30. The predicted octanol–water partition coefficient (Wildman–Crippen LogP) is 4.08. The summed E-state index contributed by atoms with van der Waals surface area (Å²) in [5.74, 6) is -0.0298. The van der Waals surface area contributed by atoms with E-state index in [1.807, 2.05) is 12.1 Å². The Labute approximate surface area is 164 Å². The average Bonchev–Trinajstić information content (AvgIpc) is 3.09. The highest BCUT2D eigenvalue weighted by Crippen LogP contribution is 2.28. The highest BCUT2D eigenvalue weighted by atomic mass is 35.5. The van der Waals surface area contributed by atoms with Crippen LogP contribution in [0.15, 0.2) is 58.2 Å². The molecule has 0 saturated carbocycles. The van der Waals surface area contributed by atoms with Gasteiger partial charge in [0.15, 0.2) is 0 Å². The van der Waals surface area contributed by atoms with Gasteiger partial charge < -0.3 is 15.1 Å². The Kier molecular flexibility index (Phi) is 6.10. The molecular formula is C18H15ClN4O3S. The van der Waals surface area contributed by atoms with E-state index < -0.39 is 0 Å². The molecule has 0 aliphatic rings. The SMILES string of the molecule is CC(=O)Nc1cccc(NC(=O)CSc2nnc(-c3ccccc3Cl)o2)c1. The normalized spacial score (nSPS) is 10.4. The molecule has 0 atom stereocenters. The number of hydrogen-bond acceptors (Lipinski definition) is 6. The van der Waals surface area contributed by atoms with Gasteiger partial charge in [-0.1, -0.05) is 41.6 Å². The second kappa shape index (κ2) is 8.70. The van der Waals surface area contributed by atoms with Gasteiger partial charge in [0.2, 0.25) is 17.7 Å². The highest BCUT2D eigenvalue weighted by Gasteiger charge is 2.13. The van der Waals surface area contributed by atoms with Gasteiger partial charge in [-0.15, -0.1) is 10.2 Å². The van der Waals surface area contributed by atoms with E-state index in [2.05, 4.69) is 20.8 Å². The van der Waals surface area contributed by atoms with E-state index in [0.717, 1.165) is 11.8 Å². The van der Waals surface area contributed by atoms with Gasteiger partial charge in [-0.05, 0) is 30.3 Å². The zero-order valence-corrected chi connectivity index (χ0v) is 15.8. The lowest BCUT2D eigenvalue weighted by Gasteiger charge is -2.07. The molecule has 7 nitrogen and oxygen atoms in total. The zero-order chi connectivity index (χ0) is 19.2. The van der Waals surface area contributed by atoms with Crippen LogP contribution in [0.3, 0.4) is 0 Å². The fourth-order valence-corrected chi connectivity index (χ4v) is 2.99. The van der Waals surface area contributed by atoms with E-state index in [1.165, 1.54) is 6.92 Å². The molecule has 9 heteroatoms. The van der Waals surface area contributed by atoms with E-state index >= 15 is 0 Å². The van der Waals surface area contributed by atoms with E-state index in [9.17, 15) is 9.59 Å². The maximum atomic E-state index is 12.1. The molecule has 0 spiro atoms. The van der Waals surface area contributed by atoms with Crippen LogP contribution >= 0.6 is 23.4 Å². The first-order chi connectivity index (χ1) is 13.0. The Balaban J connectivity index is 1.57. The Morgan fingerprint density at radius 3 is 2.56 bits per heavy atom. The number of nitrogens with zero attached hydrogens (tertiary/aromatic N) is 2. The fourth-order valence-electron chi connectivity index (χ4n) is 2.21. The molecule has 0 fully saturated rings. The first kappa shape index (κ1) is 18.9. The summed E-state index contributed by atoms with van der Waals surface area (Å²) in [4.78, 5) is 23.2. The van der Waals surface area contributed by atoms with Gasteiger partial charge in [0.05, 0.1) is 16.3 Å². The van der Waals surface area contributed by atoms with Gasteiger partial charge in [-0.3, -0.25) is 9.59 Å². The molecule has 3 aromatic rings. The minimum Gasteiger partial charge on any atom is -0.411 e. The molecule has 138 valence electrons. The van der Waals surface area contributed by atoms with Crippen molar-refractivity contribution < 1.29 is 14.0 Å². The number of nitrogens with one attached hydrogen (secondary N) is 2. The second-order valence-electron chi connectivity index (χ2n) is 5.45. The molecule has 1 aromatic heterocycles. The van der Waals surface area contributed by atoms with Gasteiger partial charge in [0, 0.05) is 18.3 Å². The van der Waals surface area contributed by atoms with Crippen molar-refractivity contribution in [2.45, 2.75) is 12.1 Å². The van der Waals surface area contributed by atoms with E-state index in [4.69, 9.17) is 16.0 Å². The molecule has 2 N–H and O–H groups in total. The summed E-state index contributed by atoms with van der Waals surface area (Å²) in [5.41, 5.74) is 1.82. The predicted molar refractivity (Wildman–Crippen MR) is 105 cm³/mol. The van der Waals surface area contributed by atoms with Crippen molar-refractivity contribution in [2.24, 2.45) is 0 Å². The number of hydrogen-bond donors (Lipinski definition) is 2. The number of anilines is 2. The standard InChI is InChI=1S/C18H15ClN4O3S/c1-11(24)20-12-5-4-6-13(9-12)21-16(25)10-27-18-23-22-17(26-18)14-7-2-3-8-15(14)19/h2-9H,10H2,1H3,(H,20,24)(H,21,25). The van der Waals surface area contributed by atoms with Crippen molar-refractivity contribution in [1.29, 1.82) is 0 Å².